The number of hydrogen-bond donors (Lipinski definition) is 0. The van der Waals surface area contributed by atoms with E-state index in [0.717, 1.165) is 38.9 Å². The predicted octanol–water partition coefficient (Wildman–Crippen LogP) is 6.48. The standard InChI is InChI=1S/C27H31I2NO5/c1-5-17(4)34-24(31)16-23-25(19-10-8-9-11-22(19)35-23)26(32)18-14-20(28)27(21(29)15-18)33-13-12-30(6-2)7-3/h8-11,14-15,17H,5-7,12-13,16H2,1-4H3/t17-/m0/s1. The number of ether oxygens (including phenoxy) is 2. The van der Waals surface area contributed by atoms with Gasteiger partial charge in [-0.1, -0.05) is 39.0 Å². The number of nitrogens with zero attached hydrogens (tertiary/aromatic N) is 1. The first-order valence-corrected chi connectivity index (χ1v) is 14.0. The normalized spacial score (nSPS) is 12.2. The van der Waals surface area contributed by atoms with Crippen LogP contribution in [0.15, 0.2) is 40.8 Å². The van der Waals surface area contributed by atoms with Gasteiger partial charge in [0.2, 0.25) is 0 Å². The van der Waals surface area contributed by atoms with Gasteiger partial charge in [-0.3, -0.25) is 9.59 Å². The molecule has 1 heterocycles. The largest absolute Gasteiger partial charge is 0.490 e. The minimum absolute atomic E-state index is 0.0964. The zero-order valence-corrected chi connectivity index (χ0v) is 24.8. The fourth-order valence-corrected chi connectivity index (χ4v) is 5.82. The van der Waals surface area contributed by atoms with E-state index in [-0.39, 0.29) is 18.3 Å². The van der Waals surface area contributed by atoms with Crippen LogP contribution in [0.1, 0.15) is 55.8 Å². The Morgan fingerprint density at radius 2 is 1.71 bits per heavy atom. The summed E-state index contributed by atoms with van der Waals surface area (Å²) in [6.07, 6.45) is 0.432. The van der Waals surface area contributed by atoms with E-state index in [0.29, 0.717) is 34.5 Å². The molecule has 2 aromatic carbocycles. The molecule has 0 amide bonds. The van der Waals surface area contributed by atoms with E-state index in [1.54, 1.807) is 6.07 Å². The highest BCUT2D eigenvalue weighted by molar-refractivity contribution is 14.1. The van der Waals surface area contributed by atoms with Gasteiger partial charge in [0, 0.05) is 17.5 Å². The van der Waals surface area contributed by atoms with Crippen molar-refractivity contribution < 1.29 is 23.5 Å². The summed E-state index contributed by atoms with van der Waals surface area (Å²) in [7, 11) is 0. The monoisotopic (exact) mass is 703 g/mol. The second kappa shape index (κ2) is 13.0. The van der Waals surface area contributed by atoms with Crippen LogP contribution in [0.25, 0.3) is 11.0 Å². The Labute approximate surface area is 234 Å². The third-order valence-corrected chi connectivity index (χ3v) is 7.52. The molecule has 0 unspecified atom stereocenters. The number of fused-ring (bicyclic) bond motifs is 1. The van der Waals surface area contributed by atoms with Crippen molar-refractivity contribution in [1.29, 1.82) is 0 Å². The smallest absolute Gasteiger partial charge is 0.313 e. The van der Waals surface area contributed by atoms with Gasteiger partial charge in [-0.05, 0) is 89.8 Å². The zero-order valence-electron chi connectivity index (χ0n) is 20.5. The number of para-hydroxylation sites is 1. The van der Waals surface area contributed by atoms with Crippen LogP contribution in [0.5, 0.6) is 5.75 Å². The quantitative estimate of drug-likeness (QED) is 0.122. The van der Waals surface area contributed by atoms with Crippen LogP contribution >= 0.6 is 45.2 Å². The van der Waals surface area contributed by atoms with Gasteiger partial charge in [-0.2, -0.15) is 0 Å². The molecule has 8 heteroatoms. The maximum atomic E-state index is 13.7. The molecule has 3 rings (SSSR count). The van der Waals surface area contributed by atoms with Crippen molar-refractivity contribution in [2.45, 2.75) is 46.6 Å². The second-order valence-electron chi connectivity index (χ2n) is 8.26. The van der Waals surface area contributed by atoms with Crippen molar-refractivity contribution in [1.82, 2.24) is 4.90 Å². The number of esters is 1. The molecule has 0 saturated carbocycles. The number of benzene rings is 2. The van der Waals surface area contributed by atoms with Crippen LogP contribution in [0.4, 0.5) is 0 Å². The lowest BCUT2D eigenvalue weighted by Gasteiger charge is -2.19. The molecule has 1 atom stereocenters. The Morgan fingerprint density at radius 1 is 1.06 bits per heavy atom. The highest BCUT2D eigenvalue weighted by atomic mass is 127. The van der Waals surface area contributed by atoms with Crippen LogP contribution < -0.4 is 4.74 Å². The topological polar surface area (TPSA) is 69.0 Å². The van der Waals surface area contributed by atoms with Crippen LogP contribution in [0.2, 0.25) is 0 Å². The Kier molecular flexibility index (Phi) is 10.4. The molecule has 3 aromatic rings. The third kappa shape index (κ3) is 6.97. The predicted molar refractivity (Wildman–Crippen MR) is 154 cm³/mol. The average Bonchev–Trinajstić information content (AvgIpc) is 3.19. The second-order valence-corrected chi connectivity index (χ2v) is 10.6. The summed E-state index contributed by atoms with van der Waals surface area (Å²) in [6, 6.07) is 11.0. The molecule has 6 nitrogen and oxygen atoms in total. The molecular weight excluding hydrogens is 672 g/mol. The average molecular weight is 703 g/mol. The minimum atomic E-state index is -0.409. The first-order chi connectivity index (χ1) is 16.8. The van der Waals surface area contributed by atoms with E-state index in [1.165, 1.54) is 0 Å². The summed E-state index contributed by atoms with van der Waals surface area (Å²) in [5.74, 6) is 0.513. The Morgan fingerprint density at radius 3 is 2.34 bits per heavy atom. The fourth-order valence-electron chi connectivity index (χ4n) is 3.74. The van der Waals surface area contributed by atoms with Gasteiger partial charge in [0.05, 0.1) is 18.8 Å². The van der Waals surface area contributed by atoms with Crippen LogP contribution in [-0.2, 0) is 16.0 Å². The molecule has 0 aliphatic carbocycles. The molecule has 0 radical (unpaired) electrons. The van der Waals surface area contributed by atoms with Crippen LogP contribution in [0, 0.1) is 7.14 Å². The minimum Gasteiger partial charge on any atom is -0.490 e. The van der Waals surface area contributed by atoms with E-state index in [1.807, 2.05) is 44.2 Å². The number of carbonyl (C=O) groups is 2. The number of carbonyl (C=O) groups excluding carboxylic acids is 2. The van der Waals surface area contributed by atoms with Gasteiger partial charge in [0.25, 0.3) is 0 Å². The van der Waals surface area contributed by atoms with Crippen molar-refractivity contribution in [3.05, 3.63) is 60.4 Å². The molecule has 35 heavy (non-hydrogen) atoms. The molecule has 0 fully saturated rings. The van der Waals surface area contributed by atoms with Crippen molar-refractivity contribution >= 4 is 67.9 Å². The van der Waals surface area contributed by atoms with Gasteiger partial charge in [0.1, 0.15) is 30.1 Å². The summed E-state index contributed by atoms with van der Waals surface area (Å²) in [5.41, 5.74) is 1.50. The summed E-state index contributed by atoms with van der Waals surface area (Å²) in [4.78, 5) is 28.5. The Balaban J connectivity index is 1.90. The first-order valence-electron chi connectivity index (χ1n) is 11.9. The summed E-state index contributed by atoms with van der Waals surface area (Å²) in [6.45, 7) is 11.4. The highest BCUT2D eigenvalue weighted by Crippen LogP contribution is 2.33. The maximum Gasteiger partial charge on any atom is 0.313 e. The number of likely N-dealkylation sites (N-methyl/N-ethyl adjacent to an activating group) is 1. The van der Waals surface area contributed by atoms with E-state index >= 15 is 0 Å². The highest BCUT2D eigenvalue weighted by Gasteiger charge is 2.26. The summed E-state index contributed by atoms with van der Waals surface area (Å²) < 4.78 is 19.2. The van der Waals surface area contributed by atoms with Gasteiger partial charge in [-0.15, -0.1) is 0 Å². The van der Waals surface area contributed by atoms with Crippen LogP contribution in [0.3, 0.4) is 0 Å². The molecule has 0 aliphatic rings. The summed E-state index contributed by atoms with van der Waals surface area (Å²) in [5, 5.41) is 0.688. The fraction of sp³-hybridized carbons (Fsp3) is 0.407. The Bertz CT molecular complexity index is 1160. The van der Waals surface area contributed by atoms with Crippen LogP contribution in [-0.4, -0.2) is 49.0 Å². The van der Waals surface area contributed by atoms with Crippen molar-refractivity contribution in [3.63, 3.8) is 0 Å². The molecular formula is C27H31I2NO5. The van der Waals surface area contributed by atoms with Crippen molar-refractivity contribution in [2.75, 3.05) is 26.2 Å². The number of halogens is 2. The molecule has 0 bridgehead atoms. The van der Waals surface area contributed by atoms with Crippen molar-refractivity contribution in [3.8, 4) is 5.75 Å². The molecule has 1 aromatic heterocycles. The van der Waals surface area contributed by atoms with E-state index in [2.05, 4.69) is 63.9 Å². The summed E-state index contributed by atoms with van der Waals surface area (Å²) >= 11 is 4.42. The molecule has 188 valence electrons. The Hall–Kier alpha value is -1.66. The number of furan rings is 1. The van der Waals surface area contributed by atoms with Gasteiger partial charge in [-0.25, -0.2) is 0 Å². The van der Waals surface area contributed by atoms with Gasteiger partial charge < -0.3 is 18.8 Å². The van der Waals surface area contributed by atoms with E-state index < -0.39 is 5.97 Å². The lowest BCUT2D eigenvalue weighted by Crippen LogP contribution is -2.28. The molecule has 0 saturated heterocycles. The van der Waals surface area contributed by atoms with Crippen molar-refractivity contribution in [2.24, 2.45) is 0 Å². The molecule has 0 aliphatic heterocycles. The number of hydrogen-bond acceptors (Lipinski definition) is 6. The van der Waals surface area contributed by atoms with Gasteiger partial charge in [0.15, 0.2) is 5.78 Å². The molecule has 0 N–H and O–H groups in total. The van der Waals surface area contributed by atoms with Gasteiger partial charge >= 0.3 is 5.97 Å². The number of ketones is 1. The third-order valence-electron chi connectivity index (χ3n) is 5.92. The first kappa shape index (κ1) is 27.9. The zero-order chi connectivity index (χ0) is 25.5. The SMILES string of the molecule is CC[C@H](C)OC(=O)Cc1oc2ccccc2c1C(=O)c1cc(I)c(OCCN(CC)CC)c(I)c1. The van der Waals surface area contributed by atoms with E-state index in [4.69, 9.17) is 13.9 Å². The number of rotatable bonds is 12. The maximum absolute atomic E-state index is 13.7. The van der Waals surface area contributed by atoms with E-state index in [9.17, 15) is 9.59 Å². The molecule has 0 spiro atoms. The lowest BCUT2D eigenvalue weighted by atomic mass is 9.99. The lowest BCUT2D eigenvalue weighted by molar-refractivity contribution is -0.147.